The first-order valence-corrected chi connectivity index (χ1v) is 8.33. The first-order valence-electron chi connectivity index (χ1n) is 7.56. The highest BCUT2D eigenvalue weighted by atomic mass is 32.1. The van der Waals surface area contributed by atoms with E-state index in [2.05, 4.69) is 19.8 Å². The largest absolute Gasteiger partial charge is 0.435 e. The van der Waals surface area contributed by atoms with Gasteiger partial charge in [0.2, 0.25) is 11.7 Å². The number of oxime groups is 1. The number of halogens is 2. The minimum atomic E-state index is -1.07. The highest BCUT2D eigenvalue weighted by molar-refractivity contribution is 7.05. The SMILES string of the molecule is Cc1nnsc1CO/N=C/c1c(C)nn(C)c1Oc1cccc(F)c1F. The molecule has 136 valence electrons. The lowest BCUT2D eigenvalue weighted by molar-refractivity contribution is 0.134. The topological polar surface area (TPSA) is 74.4 Å². The molecular weight excluding hydrogens is 364 g/mol. The zero-order valence-corrected chi connectivity index (χ0v) is 15.0. The third-order valence-electron chi connectivity index (χ3n) is 3.53. The van der Waals surface area contributed by atoms with Crippen LogP contribution in [0.15, 0.2) is 23.4 Å². The molecule has 2 heterocycles. The molecule has 10 heteroatoms. The fraction of sp³-hybridized carbons (Fsp3) is 0.250. The van der Waals surface area contributed by atoms with Gasteiger partial charge in [0, 0.05) is 7.05 Å². The van der Waals surface area contributed by atoms with Crippen molar-refractivity contribution in [3.05, 3.63) is 51.7 Å². The molecule has 26 heavy (non-hydrogen) atoms. The Balaban J connectivity index is 1.78. The van der Waals surface area contributed by atoms with Crippen molar-refractivity contribution in [3.63, 3.8) is 0 Å². The van der Waals surface area contributed by atoms with Gasteiger partial charge in [-0.25, -0.2) is 9.07 Å². The summed E-state index contributed by atoms with van der Waals surface area (Å²) in [6, 6.07) is 3.71. The first kappa shape index (κ1) is 17.9. The summed E-state index contributed by atoms with van der Waals surface area (Å²) in [4.78, 5) is 6.11. The molecule has 0 saturated carbocycles. The van der Waals surface area contributed by atoms with Crippen LogP contribution in [0, 0.1) is 25.5 Å². The molecule has 0 spiro atoms. The van der Waals surface area contributed by atoms with Gasteiger partial charge in [0.05, 0.1) is 28.0 Å². The Morgan fingerprint density at radius 3 is 2.81 bits per heavy atom. The zero-order chi connectivity index (χ0) is 18.7. The maximum Gasteiger partial charge on any atom is 0.226 e. The Labute approximate surface area is 152 Å². The molecular formula is C16H15F2N5O2S. The van der Waals surface area contributed by atoms with Crippen molar-refractivity contribution in [1.82, 2.24) is 19.4 Å². The Bertz CT molecular complexity index is 954. The normalized spacial score (nSPS) is 11.3. The predicted molar refractivity (Wildman–Crippen MR) is 91.4 cm³/mol. The van der Waals surface area contributed by atoms with E-state index in [1.54, 1.807) is 14.0 Å². The Morgan fingerprint density at radius 2 is 2.08 bits per heavy atom. The molecule has 0 radical (unpaired) electrons. The maximum atomic E-state index is 13.9. The number of rotatable bonds is 6. The fourth-order valence-electron chi connectivity index (χ4n) is 2.16. The summed E-state index contributed by atoms with van der Waals surface area (Å²) in [5, 5.41) is 12.0. The molecule has 0 N–H and O–H groups in total. The van der Waals surface area contributed by atoms with Crippen LogP contribution in [-0.4, -0.2) is 25.6 Å². The number of aromatic nitrogens is 4. The molecule has 0 saturated heterocycles. The van der Waals surface area contributed by atoms with Gasteiger partial charge in [-0.2, -0.15) is 9.49 Å². The van der Waals surface area contributed by atoms with E-state index < -0.39 is 11.6 Å². The second-order valence-corrected chi connectivity index (χ2v) is 6.21. The summed E-state index contributed by atoms with van der Waals surface area (Å²) in [5.41, 5.74) is 1.88. The second-order valence-electron chi connectivity index (χ2n) is 5.37. The van der Waals surface area contributed by atoms with Crippen molar-refractivity contribution in [2.45, 2.75) is 20.5 Å². The molecule has 3 rings (SSSR count). The maximum absolute atomic E-state index is 13.9. The molecule has 0 bridgehead atoms. The first-order chi connectivity index (χ1) is 12.5. The quantitative estimate of drug-likeness (QED) is 0.484. The molecule has 7 nitrogen and oxygen atoms in total. The fourth-order valence-corrected chi connectivity index (χ4v) is 2.70. The van der Waals surface area contributed by atoms with Crippen molar-refractivity contribution in [2.24, 2.45) is 12.2 Å². The summed E-state index contributed by atoms with van der Waals surface area (Å²) >= 11 is 1.23. The van der Waals surface area contributed by atoms with E-state index in [1.165, 1.54) is 34.6 Å². The Kier molecular flexibility index (Phi) is 5.21. The number of hydrogen-bond donors (Lipinski definition) is 0. The predicted octanol–water partition coefficient (Wildman–Crippen LogP) is 3.51. The van der Waals surface area contributed by atoms with Gasteiger partial charge in [-0.05, 0) is 37.5 Å². The lowest BCUT2D eigenvalue weighted by Crippen LogP contribution is -1.99. The second kappa shape index (κ2) is 7.56. The molecule has 1 aromatic carbocycles. The summed E-state index contributed by atoms with van der Waals surface area (Å²) in [7, 11) is 1.63. The lowest BCUT2D eigenvalue weighted by atomic mass is 10.2. The molecule has 0 aliphatic carbocycles. The van der Waals surface area contributed by atoms with E-state index in [0.29, 0.717) is 11.3 Å². The molecule has 0 atom stereocenters. The summed E-state index contributed by atoms with van der Waals surface area (Å²) in [6.07, 6.45) is 1.42. The number of aryl methyl sites for hydroxylation is 3. The van der Waals surface area contributed by atoms with Gasteiger partial charge in [0.25, 0.3) is 0 Å². The monoisotopic (exact) mass is 379 g/mol. The van der Waals surface area contributed by atoms with E-state index in [0.717, 1.165) is 16.6 Å². The third kappa shape index (κ3) is 3.69. The Morgan fingerprint density at radius 1 is 1.27 bits per heavy atom. The van der Waals surface area contributed by atoms with E-state index in [-0.39, 0.29) is 18.2 Å². The van der Waals surface area contributed by atoms with Crippen LogP contribution < -0.4 is 4.74 Å². The third-order valence-corrected chi connectivity index (χ3v) is 4.33. The van der Waals surface area contributed by atoms with Crippen LogP contribution in [0.1, 0.15) is 21.8 Å². The van der Waals surface area contributed by atoms with E-state index in [4.69, 9.17) is 9.57 Å². The standard InChI is InChI=1S/C16H15F2N5O2S/c1-9-11(7-19-24-8-14-10(2)20-22-26-14)16(23(3)21-9)25-13-6-4-5-12(17)15(13)18/h4-7H,8H2,1-3H3/b19-7+. The summed E-state index contributed by atoms with van der Waals surface area (Å²) in [5.74, 6) is -2.09. The van der Waals surface area contributed by atoms with Crippen LogP contribution in [0.2, 0.25) is 0 Å². The highest BCUT2D eigenvalue weighted by Gasteiger charge is 2.17. The van der Waals surface area contributed by atoms with Crippen molar-refractivity contribution < 1.29 is 18.4 Å². The number of nitrogens with zero attached hydrogens (tertiary/aromatic N) is 5. The zero-order valence-electron chi connectivity index (χ0n) is 14.2. The average Bonchev–Trinajstić information content (AvgIpc) is 3.12. The minimum absolute atomic E-state index is 0.218. The van der Waals surface area contributed by atoms with Crippen molar-refractivity contribution in [1.29, 1.82) is 0 Å². The van der Waals surface area contributed by atoms with Gasteiger partial charge in [-0.15, -0.1) is 5.10 Å². The molecule has 0 amide bonds. The van der Waals surface area contributed by atoms with Gasteiger partial charge in [0.1, 0.15) is 0 Å². The number of ether oxygens (including phenoxy) is 1. The van der Waals surface area contributed by atoms with Gasteiger partial charge in [0.15, 0.2) is 18.2 Å². The lowest BCUT2D eigenvalue weighted by Gasteiger charge is -2.08. The van der Waals surface area contributed by atoms with Gasteiger partial charge < -0.3 is 9.57 Å². The van der Waals surface area contributed by atoms with Crippen LogP contribution in [0.4, 0.5) is 8.78 Å². The van der Waals surface area contributed by atoms with Crippen LogP contribution >= 0.6 is 11.5 Å². The van der Waals surface area contributed by atoms with E-state index in [9.17, 15) is 8.78 Å². The smallest absolute Gasteiger partial charge is 0.226 e. The average molecular weight is 379 g/mol. The molecule has 3 aromatic rings. The Hall–Kier alpha value is -2.88. The highest BCUT2D eigenvalue weighted by Crippen LogP contribution is 2.29. The van der Waals surface area contributed by atoms with Crippen LogP contribution in [0.5, 0.6) is 11.6 Å². The molecule has 0 unspecified atom stereocenters. The molecule has 2 aromatic heterocycles. The van der Waals surface area contributed by atoms with Crippen LogP contribution in [0.25, 0.3) is 0 Å². The van der Waals surface area contributed by atoms with Crippen LogP contribution in [0.3, 0.4) is 0 Å². The van der Waals surface area contributed by atoms with Crippen molar-refractivity contribution in [2.75, 3.05) is 0 Å². The summed E-state index contributed by atoms with van der Waals surface area (Å²) < 4.78 is 38.0. The van der Waals surface area contributed by atoms with Gasteiger partial charge >= 0.3 is 0 Å². The number of hydrogen-bond acceptors (Lipinski definition) is 7. The molecule has 0 aliphatic rings. The van der Waals surface area contributed by atoms with Crippen molar-refractivity contribution >= 4 is 17.7 Å². The van der Waals surface area contributed by atoms with E-state index in [1.807, 2.05) is 6.92 Å². The number of benzene rings is 1. The van der Waals surface area contributed by atoms with Gasteiger partial charge in [-0.1, -0.05) is 15.7 Å². The minimum Gasteiger partial charge on any atom is -0.435 e. The van der Waals surface area contributed by atoms with Gasteiger partial charge in [-0.3, -0.25) is 0 Å². The molecule has 0 fully saturated rings. The van der Waals surface area contributed by atoms with Crippen LogP contribution in [-0.2, 0) is 18.5 Å². The van der Waals surface area contributed by atoms with Crippen molar-refractivity contribution in [3.8, 4) is 11.6 Å². The van der Waals surface area contributed by atoms with E-state index >= 15 is 0 Å². The molecule has 0 aliphatic heterocycles. The summed E-state index contributed by atoms with van der Waals surface area (Å²) in [6.45, 7) is 3.80.